The molecule has 0 saturated heterocycles. The second-order valence-electron chi connectivity index (χ2n) is 3.37. The minimum Gasteiger partial charge on any atom is -0.122 e. The van der Waals surface area contributed by atoms with Crippen molar-refractivity contribution in [3.05, 3.63) is 35.4 Å². The Morgan fingerprint density at radius 2 is 1.92 bits per heavy atom. The van der Waals surface area contributed by atoms with E-state index < -0.39 is 0 Å². The molecule has 1 aliphatic carbocycles. The molecule has 1 heteroatoms. The SMILES string of the molecule is ClCc1ccc(C#CC2CC2)cc1. The molecule has 0 heterocycles. The lowest BCUT2D eigenvalue weighted by atomic mass is 10.1. The summed E-state index contributed by atoms with van der Waals surface area (Å²) in [7, 11) is 0. The Bertz CT molecular complexity index is 336. The maximum absolute atomic E-state index is 5.68. The topological polar surface area (TPSA) is 0 Å². The number of rotatable bonds is 1. The van der Waals surface area contributed by atoms with Gasteiger partial charge in [-0.3, -0.25) is 0 Å². The first kappa shape index (κ1) is 8.66. The number of hydrogen-bond acceptors (Lipinski definition) is 0. The van der Waals surface area contributed by atoms with Gasteiger partial charge in [0.2, 0.25) is 0 Å². The van der Waals surface area contributed by atoms with Gasteiger partial charge in [0.15, 0.2) is 0 Å². The van der Waals surface area contributed by atoms with Crippen molar-refractivity contribution >= 4 is 11.6 Å². The molecular formula is C12H11Cl. The van der Waals surface area contributed by atoms with Crippen molar-refractivity contribution in [2.45, 2.75) is 18.7 Å². The first-order valence-electron chi connectivity index (χ1n) is 4.55. The molecule has 0 bridgehead atoms. The van der Waals surface area contributed by atoms with Gasteiger partial charge in [0.25, 0.3) is 0 Å². The summed E-state index contributed by atoms with van der Waals surface area (Å²) in [5, 5.41) is 0. The van der Waals surface area contributed by atoms with E-state index >= 15 is 0 Å². The van der Waals surface area contributed by atoms with Crippen molar-refractivity contribution in [2.75, 3.05) is 0 Å². The third kappa shape index (κ3) is 2.50. The molecule has 0 aromatic heterocycles. The van der Waals surface area contributed by atoms with Gasteiger partial charge in [0, 0.05) is 17.4 Å². The zero-order valence-corrected chi connectivity index (χ0v) is 8.14. The van der Waals surface area contributed by atoms with Gasteiger partial charge >= 0.3 is 0 Å². The number of halogens is 1. The summed E-state index contributed by atoms with van der Waals surface area (Å²) in [5.41, 5.74) is 2.25. The van der Waals surface area contributed by atoms with Gasteiger partial charge in [-0.2, -0.15) is 0 Å². The van der Waals surface area contributed by atoms with Crippen LogP contribution >= 0.6 is 11.6 Å². The Morgan fingerprint density at radius 1 is 1.23 bits per heavy atom. The van der Waals surface area contributed by atoms with Crippen LogP contribution < -0.4 is 0 Å². The third-order valence-electron chi connectivity index (χ3n) is 2.11. The average molecular weight is 191 g/mol. The third-order valence-corrected chi connectivity index (χ3v) is 2.41. The lowest BCUT2D eigenvalue weighted by molar-refractivity contribution is 1.18. The summed E-state index contributed by atoms with van der Waals surface area (Å²) < 4.78 is 0. The van der Waals surface area contributed by atoms with Gasteiger partial charge in [0.1, 0.15) is 0 Å². The van der Waals surface area contributed by atoms with Crippen molar-refractivity contribution in [1.29, 1.82) is 0 Å². The summed E-state index contributed by atoms with van der Waals surface area (Å²) in [6, 6.07) is 8.13. The molecule has 0 N–H and O–H groups in total. The van der Waals surface area contributed by atoms with E-state index in [1.165, 1.54) is 12.8 Å². The van der Waals surface area contributed by atoms with Gasteiger partial charge in [-0.1, -0.05) is 24.0 Å². The van der Waals surface area contributed by atoms with E-state index in [-0.39, 0.29) is 0 Å². The number of benzene rings is 1. The molecule has 0 radical (unpaired) electrons. The van der Waals surface area contributed by atoms with E-state index in [1.54, 1.807) is 0 Å². The Morgan fingerprint density at radius 3 is 2.46 bits per heavy atom. The summed E-state index contributed by atoms with van der Waals surface area (Å²) in [6.45, 7) is 0. The fraction of sp³-hybridized carbons (Fsp3) is 0.333. The summed E-state index contributed by atoms with van der Waals surface area (Å²) in [6.07, 6.45) is 2.57. The van der Waals surface area contributed by atoms with Crippen LogP contribution in [0.5, 0.6) is 0 Å². The van der Waals surface area contributed by atoms with E-state index in [0.29, 0.717) is 11.8 Å². The summed E-state index contributed by atoms with van der Waals surface area (Å²) in [4.78, 5) is 0. The lowest BCUT2D eigenvalue weighted by Crippen LogP contribution is -1.78. The smallest absolute Gasteiger partial charge is 0.0474 e. The number of hydrogen-bond donors (Lipinski definition) is 0. The highest BCUT2D eigenvalue weighted by Gasteiger charge is 2.17. The van der Waals surface area contributed by atoms with E-state index in [4.69, 9.17) is 11.6 Å². The molecule has 2 rings (SSSR count). The van der Waals surface area contributed by atoms with Gasteiger partial charge in [0.05, 0.1) is 0 Å². The van der Waals surface area contributed by atoms with Crippen LogP contribution in [0.25, 0.3) is 0 Å². The highest BCUT2D eigenvalue weighted by Crippen LogP contribution is 2.27. The highest BCUT2D eigenvalue weighted by molar-refractivity contribution is 6.17. The predicted molar refractivity (Wildman–Crippen MR) is 55.6 cm³/mol. The van der Waals surface area contributed by atoms with Crippen LogP contribution in [0.15, 0.2) is 24.3 Å². The molecule has 0 spiro atoms. The van der Waals surface area contributed by atoms with Crippen LogP contribution in [0.2, 0.25) is 0 Å². The van der Waals surface area contributed by atoms with Gasteiger partial charge in [-0.25, -0.2) is 0 Å². The van der Waals surface area contributed by atoms with E-state index in [1.807, 2.05) is 24.3 Å². The molecule has 1 aromatic carbocycles. The molecule has 0 nitrogen and oxygen atoms in total. The molecule has 1 aliphatic rings. The minimum atomic E-state index is 0.580. The zero-order chi connectivity index (χ0) is 9.10. The lowest BCUT2D eigenvalue weighted by Gasteiger charge is -1.93. The first-order chi connectivity index (χ1) is 6.38. The highest BCUT2D eigenvalue weighted by atomic mass is 35.5. The van der Waals surface area contributed by atoms with Crippen LogP contribution in [0.1, 0.15) is 24.0 Å². The molecule has 1 aromatic rings. The van der Waals surface area contributed by atoms with Crippen molar-refractivity contribution < 1.29 is 0 Å². The molecule has 66 valence electrons. The second-order valence-corrected chi connectivity index (χ2v) is 3.64. The van der Waals surface area contributed by atoms with Gasteiger partial charge in [-0.05, 0) is 30.5 Å². The molecule has 1 saturated carbocycles. The standard InChI is InChI=1S/C12H11Cl/c13-9-12-7-5-11(6-8-12)4-3-10-1-2-10/h5-8,10H,1-2,9H2. The molecule has 0 amide bonds. The van der Waals surface area contributed by atoms with E-state index in [9.17, 15) is 0 Å². The largest absolute Gasteiger partial charge is 0.122 e. The summed E-state index contributed by atoms with van der Waals surface area (Å²) in [5.74, 6) is 7.65. The normalized spacial score (nSPS) is 14.8. The van der Waals surface area contributed by atoms with Crippen LogP contribution in [-0.4, -0.2) is 0 Å². The Hall–Kier alpha value is -0.930. The summed E-state index contributed by atoms with van der Waals surface area (Å²) >= 11 is 5.68. The molecule has 13 heavy (non-hydrogen) atoms. The minimum absolute atomic E-state index is 0.580. The van der Waals surface area contributed by atoms with Crippen LogP contribution in [0.4, 0.5) is 0 Å². The fourth-order valence-electron chi connectivity index (χ4n) is 1.09. The molecular weight excluding hydrogens is 180 g/mol. The number of alkyl halides is 1. The quantitative estimate of drug-likeness (QED) is 0.471. The molecule has 0 aliphatic heterocycles. The van der Waals surface area contributed by atoms with Crippen LogP contribution in [0.3, 0.4) is 0 Å². The Balaban J connectivity index is 2.09. The zero-order valence-electron chi connectivity index (χ0n) is 7.39. The average Bonchev–Trinajstić information content (AvgIpc) is 2.99. The van der Waals surface area contributed by atoms with E-state index in [2.05, 4.69) is 11.8 Å². The van der Waals surface area contributed by atoms with Crippen molar-refractivity contribution in [2.24, 2.45) is 5.92 Å². The van der Waals surface area contributed by atoms with Crippen molar-refractivity contribution in [1.82, 2.24) is 0 Å². The van der Waals surface area contributed by atoms with Crippen molar-refractivity contribution in [3.63, 3.8) is 0 Å². The maximum Gasteiger partial charge on any atom is 0.0474 e. The van der Waals surface area contributed by atoms with Gasteiger partial charge < -0.3 is 0 Å². The monoisotopic (exact) mass is 190 g/mol. The first-order valence-corrected chi connectivity index (χ1v) is 5.08. The fourth-order valence-corrected chi connectivity index (χ4v) is 1.27. The van der Waals surface area contributed by atoms with Crippen LogP contribution in [-0.2, 0) is 5.88 Å². The van der Waals surface area contributed by atoms with Crippen LogP contribution in [0, 0.1) is 17.8 Å². The maximum atomic E-state index is 5.68. The molecule has 0 atom stereocenters. The van der Waals surface area contributed by atoms with E-state index in [0.717, 1.165) is 11.1 Å². The Labute approximate surface area is 83.9 Å². The predicted octanol–water partition coefficient (Wildman–Crippen LogP) is 3.19. The molecule has 0 unspecified atom stereocenters. The van der Waals surface area contributed by atoms with Crippen molar-refractivity contribution in [3.8, 4) is 11.8 Å². The second kappa shape index (κ2) is 3.85. The van der Waals surface area contributed by atoms with Gasteiger partial charge in [-0.15, -0.1) is 11.6 Å². The molecule has 1 fully saturated rings. The Kier molecular flexibility index (Phi) is 2.57.